The molecule has 0 fully saturated rings. The average molecular weight is 558 g/mol. The number of benzene rings is 2. The Bertz CT molecular complexity index is 1810. The molecule has 3 heterocycles. The van der Waals surface area contributed by atoms with Gasteiger partial charge in [0.1, 0.15) is 12.1 Å². The van der Waals surface area contributed by atoms with Gasteiger partial charge in [-0.1, -0.05) is 30.1 Å². The van der Waals surface area contributed by atoms with Crippen molar-refractivity contribution in [3.8, 4) is 0 Å². The summed E-state index contributed by atoms with van der Waals surface area (Å²) in [5, 5.41) is 12.8. The highest BCUT2D eigenvalue weighted by atomic mass is 35.5. The van der Waals surface area contributed by atoms with Crippen molar-refractivity contribution in [3.05, 3.63) is 90.6 Å². The molecule has 196 valence electrons. The normalized spacial score (nSPS) is 11.4. The zero-order valence-electron chi connectivity index (χ0n) is 20.6. The van der Waals surface area contributed by atoms with Crippen molar-refractivity contribution in [1.29, 1.82) is 0 Å². The number of aromatic nitrogens is 8. The molecule has 0 radical (unpaired) electrons. The first kappa shape index (κ1) is 25.6. The van der Waals surface area contributed by atoms with Crippen LogP contribution in [0.5, 0.6) is 0 Å². The maximum atomic E-state index is 14.7. The zero-order chi connectivity index (χ0) is 27.1. The summed E-state index contributed by atoms with van der Waals surface area (Å²) >= 11 is 12.6. The molecule has 0 saturated carbocycles. The first-order chi connectivity index (χ1) is 18.1. The van der Waals surface area contributed by atoms with Crippen LogP contribution in [0.4, 0.5) is 16.0 Å². The van der Waals surface area contributed by atoms with E-state index in [1.807, 2.05) is 0 Å². The highest BCUT2D eigenvalue weighted by Gasteiger charge is 2.19. The van der Waals surface area contributed by atoms with E-state index < -0.39 is 17.2 Å². The summed E-state index contributed by atoms with van der Waals surface area (Å²) in [6, 6.07) is 6.21. The lowest BCUT2D eigenvalue weighted by atomic mass is 10.0. The predicted octanol–water partition coefficient (Wildman–Crippen LogP) is 3.27. The number of nitrogens with one attached hydrogen (secondary N) is 1. The van der Waals surface area contributed by atoms with Gasteiger partial charge in [0, 0.05) is 30.7 Å². The van der Waals surface area contributed by atoms with Gasteiger partial charge in [-0.2, -0.15) is 15.2 Å². The number of anilines is 2. The number of nitrogens with zero attached hydrogens (tertiary/aromatic N) is 8. The highest BCUT2D eigenvalue weighted by Crippen LogP contribution is 2.29. The smallest absolute Gasteiger partial charge is 0.324 e. The molecule has 0 aliphatic rings. The van der Waals surface area contributed by atoms with E-state index in [0.717, 1.165) is 9.95 Å². The predicted molar refractivity (Wildman–Crippen MR) is 142 cm³/mol. The fourth-order valence-electron chi connectivity index (χ4n) is 4.25. The Labute approximate surface area is 225 Å². The first-order valence-electron chi connectivity index (χ1n) is 11.6. The molecule has 14 heteroatoms. The van der Waals surface area contributed by atoms with Crippen LogP contribution < -0.4 is 16.7 Å². The van der Waals surface area contributed by atoms with Crippen LogP contribution in [0.3, 0.4) is 0 Å². The number of hydrogen-bond acceptors (Lipinski definition) is 7. The Morgan fingerprint density at radius 2 is 1.79 bits per heavy atom. The third kappa shape index (κ3) is 4.92. The third-order valence-electron chi connectivity index (χ3n) is 5.99. The Balaban J connectivity index is 1.66. The van der Waals surface area contributed by atoms with Gasteiger partial charge in [-0.3, -0.25) is 13.9 Å². The van der Waals surface area contributed by atoms with Crippen molar-refractivity contribution >= 4 is 45.7 Å². The molecule has 0 amide bonds. The molecule has 11 nitrogen and oxygen atoms in total. The Morgan fingerprint density at radius 1 is 1.00 bits per heavy atom. The van der Waals surface area contributed by atoms with Gasteiger partial charge >= 0.3 is 11.4 Å². The molecule has 0 unspecified atom stereocenters. The van der Waals surface area contributed by atoms with E-state index in [9.17, 15) is 14.0 Å². The Morgan fingerprint density at radius 3 is 2.50 bits per heavy atom. The number of halogens is 3. The van der Waals surface area contributed by atoms with Gasteiger partial charge < -0.3 is 5.32 Å². The molecule has 0 atom stereocenters. The van der Waals surface area contributed by atoms with Crippen molar-refractivity contribution in [1.82, 2.24) is 38.7 Å². The maximum Gasteiger partial charge on any atom is 0.355 e. The van der Waals surface area contributed by atoms with E-state index in [4.69, 9.17) is 23.2 Å². The van der Waals surface area contributed by atoms with Crippen molar-refractivity contribution < 1.29 is 4.39 Å². The van der Waals surface area contributed by atoms with Crippen molar-refractivity contribution in [2.24, 2.45) is 14.1 Å². The molecule has 2 aromatic carbocycles. The minimum atomic E-state index is -0.812. The van der Waals surface area contributed by atoms with Crippen LogP contribution in [0.15, 0.2) is 46.4 Å². The lowest BCUT2D eigenvalue weighted by Gasteiger charge is -2.17. The van der Waals surface area contributed by atoms with Crippen LogP contribution in [0, 0.1) is 5.82 Å². The summed E-state index contributed by atoms with van der Waals surface area (Å²) in [4.78, 5) is 34.9. The van der Waals surface area contributed by atoms with Crippen LogP contribution in [0.2, 0.25) is 10.0 Å². The molecule has 0 saturated heterocycles. The minimum absolute atomic E-state index is 0.0715. The third-order valence-corrected chi connectivity index (χ3v) is 6.52. The van der Waals surface area contributed by atoms with Gasteiger partial charge in [-0.15, -0.1) is 0 Å². The van der Waals surface area contributed by atoms with Crippen LogP contribution in [-0.4, -0.2) is 38.7 Å². The van der Waals surface area contributed by atoms with Gasteiger partial charge in [0.05, 0.1) is 29.3 Å². The van der Waals surface area contributed by atoms with E-state index in [0.29, 0.717) is 33.8 Å². The van der Waals surface area contributed by atoms with Gasteiger partial charge in [0.15, 0.2) is 5.82 Å². The molecule has 5 rings (SSSR count). The van der Waals surface area contributed by atoms with E-state index in [-0.39, 0.29) is 29.9 Å². The molecule has 0 bridgehead atoms. The lowest BCUT2D eigenvalue weighted by molar-refractivity contribution is 0.567. The molecule has 0 spiro atoms. The van der Waals surface area contributed by atoms with Crippen LogP contribution in [-0.2, 0) is 33.6 Å². The summed E-state index contributed by atoms with van der Waals surface area (Å²) in [5.41, 5.74) is 0.442. The summed E-state index contributed by atoms with van der Waals surface area (Å²) in [6.07, 6.45) is 3.63. The van der Waals surface area contributed by atoms with E-state index in [1.54, 1.807) is 50.1 Å². The second kappa shape index (κ2) is 10.0. The van der Waals surface area contributed by atoms with Crippen LogP contribution in [0.1, 0.15) is 23.9 Å². The van der Waals surface area contributed by atoms with Crippen molar-refractivity contribution in [2.45, 2.75) is 26.4 Å². The van der Waals surface area contributed by atoms with E-state index >= 15 is 0 Å². The van der Waals surface area contributed by atoms with E-state index in [1.165, 1.54) is 21.6 Å². The second-order valence-electron chi connectivity index (χ2n) is 8.70. The fourth-order valence-corrected chi connectivity index (χ4v) is 4.68. The molecule has 0 aliphatic carbocycles. The number of fused-ring (bicyclic) bond motifs is 1. The molecule has 0 aliphatic heterocycles. The molecule has 3 aromatic heterocycles. The van der Waals surface area contributed by atoms with Gasteiger partial charge in [-0.05, 0) is 41.8 Å². The lowest BCUT2D eigenvalue weighted by Crippen LogP contribution is -2.43. The Kier molecular flexibility index (Phi) is 6.76. The van der Waals surface area contributed by atoms with Crippen LogP contribution >= 0.6 is 23.2 Å². The number of hydrogen-bond donors (Lipinski definition) is 1. The number of rotatable bonds is 7. The fraction of sp³-hybridized carbons (Fsp3) is 0.250. The first-order valence-corrected chi connectivity index (χ1v) is 12.3. The van der Waals surface area contributed by atoms with Gasteiger partial charge in [-0.25, -0.2) is 23.5 Å². The molecular formula is C24H22Cl2FN9O2. The standard InChI is InChI=1S/C24H22Cl2FN9O2/c1-4-16-13(5-15(25)7-18(16)27)10-35-22(29-20-6-14-9-33(2)31-19(14)8-17(20)26)30-23(37)36(24(35)38)11-21-28-12-34(3)32-21/h5-9,12H,4,10-11H2,1-3H3,(H,29,30,37). The second-order valence-corrected chi connectivity index (χ2v) is 9.55. The summed E-state index contributed by atoms with van der Waals surface area (Å²) in [6.45, 7) is 1.49. The quantitative estimate of drug-likeness (QED) is 0.326. The van der Waals surface area contributed by atoms with E-state index in [2.05, 4.69) is 25.5 Å². The largest absolute Gasteiger partial charge is 0.355 e. The maximum absolute atomic E-state index is 14.7. The molecule has 1 N–H and O–H groups in total. The zero-order valence-corrected chi connectivity index (χ0v) is 22.1. The summed E-state index contributed by atoms with van der Waals surface area (Å²) < 4.78 is 20.0. The average Bonchev–Trinajstić information content (AvgIpc) is 3.42. The monoisotopic (exact) mass is 557 g/mol. The molecular weight excluding hydrogens is 536 g/mol. The topological polar surface area (TPSA) is 117 Å². The minimum Gasteiger partial charge on any atom is -0.324 e. The summed E-state index contributed by atoms with van der Waals surface area (Å²) in [5.74, 6) is -0.298. The molecule has 38 heavy (non-hydrogen) atoms. The number of aryl methyl sites for hydroxylation is 2. The Hall–Kier alpha value is -4.03. The highest BCUT2D eigenvalue weighted by molar-refractivity contribution is 6.34. The summed E-state index contributed by atoms with van der Waals surface area (Å²) in [7, 11) is 3.46. The molecule has 5 aromatic rings. The SMILES string of the molecule is CCc1c(F)cc(Cl)cc1Cn1c(Nc2cc3cn(C)nc3cc2Cl)nc(=O)n(Cc2ncn(C)n2)c1=O. The van der Waals surface area contributed by atoms with Gasteiger partial charge in [0.2, 0.25) is 5.95 Å². The van der Waals surface area contributed by atoms with Gasteiger partial charge in [0.25, 0.3) is 0 Å². The van der Waals surface area contributed by atoms with Crippen LogP contribution in [0.25, 0.3) is 10.9 Å². The van der Waals surface area contributed by atoms with Crippen molar-refractivity contribution in [2.75, 3.05) is 5.32 Å². The van der Waals surface area contributed by atoms with Crippen molar-refractivity contribution in [3.63, 3.8) is 0 Å².